The highest BCUT2D eigenvalue weighted by Gasteiger charge is 2.16. The first-order chi connectivity index (χ1) is 8.20. The van der Waals surface area contributed by atoms with Crippen LogP contribution in [0, 0.1) is 5.92 Å². The summed E-state index contributed by atoms with van der Waals surface area (Å²) < 4.78 is 0. The Morgan fingerprint density at radius 2 is 1.82 bits per heavy atom. The van der Waals surface area contributed by atoms with Crippen LogP contribution in [0.1, 0.15) is 44.8 Å². The first-order valence-electron chi connectivity index (χ1n) is 6.73. The molecule has 2 heteroatoms. The molecule has 0 unspecified atom stereocenters. The smallest absolute Gasteiger partial charge is 0.0787 e. The van der Waals surface area contributed by atoms with Gasteiger partial charge in [-0.25, -0.2) is 0 Å². The van der Waals surface area contributed by atoms with Crippen LogP contribution in [0.25, 0.3) is 0 Å². The average Bonchev–Trinajstić information content (AvgIpc) is 2.39. The summed E-state index contributed by atoms with van der Waals surface area (Å²) in [4.78, 5) is 2.45. The van der Waals surface area contributed by atoms with Crippen LogP contribution in [0.3, 0.4) is 0 Å². The van der Waals surface area contributed by atoms with Gasteiger partial charge in [-0.05, 0) is 42.9 Å². The Hall–Kier alpha value is -1.02. The molecule has 0 saturated carbocycles. The molecule has 1 aliphatic rings. The van der Waals surface area contributed by atoms with Crippen molar-refractivity contribution in [1.29, 1.82) is 0 Å². The number of nitrogens with zero attached hydrogens (tertiary/aromatic N) is 1. The van der Waals surface area contributed by atoms with Gasteiger partial charge in [-0.15, -0.1) is 0 Å². The van der Waals surface area contributed by atoms with Crippen molar-refractivity contribution in [3.8, 4) is 0 Å². The zero-order chi connectivity index (χ0) is 12.3. The Balaban J connectivity index is 2.02. The lowest BCUT2D eigenvalue weighted by atomic mass is 9.98. The van der Waals surface area contributed by atoms with E-state index in [1.165, 1.54) is 18.5 Å². The van der Waals surface area contributed by atoms with E-state index < -0.39 is 0 Å². The quantitative estimate of drug-likeness (QED) is 0.865. The van der Waals surface area contributed by atoms with Gasteiger partial charge in [0.2, 0.25) is 0 Å². The van der Waals surface area contributed by atoms with Crippen molar-refractivity contribution >= 4 is 5.69 Å². The number of aliphatic hydroxyl groups excluding tert-OH is 1. The molecule has 1 heterocycles. The van der Waals surface area contributed by atoms with E-state index in [4.69, 9.17) is 0 Å². The molecule has 1 saturated heterocycles. The Morgan fingerprint density at radius 3 is 2.35 bits per heavy atom. The van der Waals surface area contributed by atoms with Crippen molar-refractivity contribution in [1.82, 2.24) is 0 Å². The highest BCUT2D eigenvalue weighted by Crippen LogP contribution is 2.25. The van der Waals surface area contributed by atoms with E-state index in [2.05, 4.69) is 36.1 Å². The molecular formula is C15H23NO. The summed E-state index contributed by atoms with van der Waals surface area (Å²) >= 11 is 0. The third-order valence-electron chi connectivity index (χ3n) is 3.81. The fourth-order valence-electron chi connectivity index (χ4n) is 2.41. The predicted octanol–water partition coefficient (Wildman–Crippen LogP) is 3.37. The predicted molar refractivity (Wildman–Crippen MR) is 72.3 cm³/mol. The molecule has 0 radical (unpaired) electrons. The van der Waals surface area contributed by atoms with Gasteiger partial charge in [-0.2, -0.15) is 0 Å². The minimum absolute atomic E-state index is 0.314. The van der Waals surface area contributed by atoms with Gasteiger partial charge in [0.1, 0.15) is 0 Å². The first kappa shape index (κ1) is 12.4. The zero-order valence-corrected chi connectivity index (χ0v) is 10.9. The third-order valence-corrected chi connectivity index (χ3v) is 3.81. The van der Waals surface area contributed by atoms with Crippen LogP contribution >= 0.6 is 0 Å². The van der Waals surface area contributed by atoms with Crippen molar-refractivity contribution in [3.05, 3.63) is 29.8 Å². The first-order valence-corrected chi connectivity index (χ1v) is 6.73. The second kappa shape index (κ2) is 5.54. The number of hydrogen-bond acceptors (Lipinski definition) is 2. The summed E-state index contributed by atoms with van der Waals surface area (Å²) in [7, 11) is 0. The van der Waals surface area contributed by atoms with Gasteiger partial charge in [-0.3, -0.25) is 0 Å². The molecule has 1 aliphatic heterocycles. The van der Waals surface area contributed by atoms with Gasteiger partial charge in [0.05, 0.1) is 6.10 Å². The second-order valence-electron chi connectivity index (χ2n) is 5.19. The Kier molecular flexibility index (Phi) is 4.06. The average molecular weight is 233 g/mol. The molecular weight excluding hydrogens is 210 g/mol. The summed E-state index contributed by atoms with van der Waals surface area (Å²) in [6.45, 7) is 6.66. The standard InChI is InChI=1S/C15H23NO/c1-3-15(17)13-4-6-14(7-5-13)16-10-8-12(2)9-11-16/h4-7,12,15,17H,3,8-11H2,1-2H3/t15-/m1/s1. The lowest BCUT2D eigenvalue weighted by Gasteiger charge is -2.32. The number of anilines is 1. The van der Waals surface area contributed by atoms with Crippen LogP contribution in [0.5, 0.6) is 0 Å². The minimum atomic E-state index is -0.314. The molecule has 0 aromatic heterocycles. The summed E-state index contributed by atoms with van der Waals surface area (Å²) in [5.41, 5.74) is 2.32. The van der Waals surface area contributed by atoms with Crippen LogP contribution in [-0.2, 0) is 0 Å². The molecule has 1 aromatic carbocycles. The molecule has 0 spiro atoms. The van der Waals surface area contributed by atoms with E-state index >= 15 is 0 Å². The highest BCUT2D eigenvalue weighted by atomic mass is 16.3. The lowest BCUT2D eigenvalue weighted by molar-refractivity contribution is 0.173. The van der Waals surface area contributed by atoms with Crippen LogP contribution < -0.4 is 4.90 Å². The van der Waals surface area contributed by atoms with Crippen LogP contribution in [0.15, 0.2) is 24.3 Å². The molecule has 2 nitrogen and oxygen atoms in total. The lowest BCUT2D eigenvalue weighted by Crippen LogP contribution is -2.32. The minimum Gasteiger partial charge on any atom is -0.388 e. The van der Waals surface area contributed by atoms with Crippen molar-refractivity contribution in [3.63, 3.8) is 0 Å². The number of aliphatic hydroxyl groups is 1. The zero-order valence-electron chi connectivity index (χ0n) is 10.9. The summed E-state index contributed by atoms with van der Waals surface area (Å²) in [5, 5.41) is 9.75. The van der Waals surface area contributed by atoms with Crippen LogP contribution in [0.4, 0.5) is 5.69 Å². The number of rotatable bonds is 3. The van der Waals surface area contributed by atoms with E-state index in [0.29, 0.717) is 0 Å². The monoisotopic (exact) mass is 233 g/mol. The fourth-order valence-corrected chi connectivity index (χ4v) is 2.41. The number of hydrogen-bond donors (Lipinski definition) is 1. The van der Waals surface area contributed by atoms with Crippen LogP contribution in [-0.4, -0.2) is 18.2 Å². The summed E-state index contributed by atoms with van der Waals surface area (Å²) in [6.07, 6.45) is 3.05. The van der Waals surface area contributed by atoms with Gasteiger partial charge in [0.15, 0.2) is 0 Å². The second-order valence-corrected chi connectivity index (χ2v) is 5.19. The van der Waals surface area contributed by atoms with Crippen molar-refractivity contribution in [2.45, 2.75) is 39.2 Å². The molecule has 1 fully saturated rings. The van der Waals surface area contributed by atoms with E-state index in [0.717, 1.165) is 31.0 Å². The summed E-state index contributed by atoms with van der Waals surface area (Å²) in [5.74, 6) is 0.868. The summed E-state index contributed by atoms with van der Waals surface area (Å²) in [6, 6.07) is 8.40. The highest BCUT2D eigenvalue weighted by molar-refractivity contribution is 5.48. The molecule has 1 atom stereocenters. The molecule has 17 heavy (non-hydrogen) atoms. The normalized spacial score (nSPS) is 19.4. The van der Waals surface area contributed by atoms with Crippen molar-refractivity contribution in [2.24, 2.45) is 5.92 Å². The van der Waals surface area contributed by atoms with E-state index in [1.54, 1.807) is 0 Å². The Labute approximate surface area is 104 Å². The molecule has 2 rings (SSSR count). The molecule has 1 aromatic rings. The topological polar surface area (TPSA) is 23.5 Å². The number of benzene rings is 1. The van der Waals surface area contributed by atoms with Crippen molar-refractivity contribution in [2.75, 3.05) is 18.0 Å². The molecule has 0 aliphatic carbocycles. The molecule has 0 amide bonds. The van der Waals surface area contributed by atoms with E-state index in [1.807, 2.05) is 6.92 Å². The maximum absolute atomic E-state index is 9.75. The molecule has 1 N–H and O–H groups in total. The maximum Gasteiger partial charge on any atom is 0.0787 e. The maximum atomic E-state index is 9.75. The molecule has 0 bridgehead atoms. The van der Waals surface area contributed by atoms with Gasteiger partial charge < -0.3 is 10.0 Å². The van der Waals surface area contributed by atoms with E-state index in [9.17, 15) is 5.11 Å². The van der Waals surface area contributed by atoms with Crippen molar-refractivity contribution < 1.29 is 5.11 Å². The third kappa shape index (κ3) is 3.01. The Bertz CT molecular complexity index is 338. The largest absolute Gasteiger partial charge is 0.388 e. The van der Waals surface area contributed by atoms with Gasteiger partial charge in [0.25, 0.3) is 0 Å². The Morgan fingerprint density at radius 1 is 1.24 bits per heavy atom. The van der Waals surface area contributed by atoms with Gasteiger partial charge >= 0.3 is 0 Å². The SMILES string of the molecule is CC[C@@H](O)c1ccc(N2CCC(C)CC2)cc1. The van der Waals surface area contributed by atoms with Crippen LogP contribution in [0.2, 0.25) is 0 Å². The van der Waals surface area contributed by atoms with Gasteiger partial charge in [0, 0.05) is 18.8 Å². The molecule has 94 valence electrons. The number of piperidine rings is 1. The van der Waals surface area contributed by atoms with E-state index in [-0.39, 0.29) is 6.10 Å². The fraction of sp³-hybridized carbons (Fsp3) is 0.600. The van der Waals surface area contributed by atoms with Gasteiger partial charge in [-0.1, -0.05) is 26.0 Å².